The Hall–Kier alpha value is -0.803. The van der Waals surface area contributed by atoms with E-state index in [1.54, 1.807) is 0 Å². The molecule has 0 amide bonds. The van der Waals surface area contributed by atoms with Crippen LogP contribution in [0.15, 0.2) is 24.3 Å². The molecule has 0 unspecified atom stereocenters. The standard InChI is InChI=1S/C15H26O2Si/c1-5-8-12-16-18(6-2,7-3)17-15-11-9-10-14(4)13-15/h9-11,13H,5-8,12H2,1-4H3. The van der Waals surface area contributed by atoms with Crippen molar-refractivity contribution in [1.29, 1.82) is 0 Å². The fourth-order valence-electron chi connectivity index (χ4n) is 1.92. The summed E-state index contributed by atoms with van der Waals surface area (Å²) >= 11 is 0. The Morgan fingerprint density at radius 3 is 2.39 bits per heavy atom. The molecule has 0 aliphatic rings. The van der Waals surface area contributed by atoms with E-state index >= 15 is 0 Å². The molecular formula is C15H26O2Si. The zero-order chi connectivity index (χ0) is 13.4. The van der Waals surface area contributed by atoms with Gasteiger partial charge in [-0.05, 0) is 43.1 Å². The number of aryl methyl sites for hydroxylation is 1. The van der Waals surface area contributed by atoms with Crippen LogP contribution in [0.2, 0.25) is 12.1 Å². The molecule has 2 nitrogen and oxygen atoms in total. The van der Waals surface area contributed by atoms with Crippen LogP contribution in [0.1, 0.15) is 39.2 Å². The molecule has 0 fully saturated rings. The third-order valence-corrected chi connectivity index (χ3v) is 6.73. The third-order valence-electron chi connectivity index (χ3n) is 3.23. The molecule has 102 valence electrons. The lowest BCUT2D eigenvalue weighted by Crippen LogP contribution is -2.44. The first-order valence-corrected chi connectivity index (χ1v) is 9.28. The lowest BCUT2D eigenvalue weighted by Gasteiger charge is -2.29. The first kappa shape index (κ1) is 15.3. The predicted molar refractivity (Wildman–Crippen MR) is 79.4 cm³/mol. The molecule has 0 aromatic heterocycles. The summed E-state index contributed by atoms with van der Waals surface area (Å²) in [7, 11) is -2.04. The Labute approximate surface area is 113 Å². The molecule has 0 N–H and O–H groups in total. The van der Waals surface area contributed by atoms with Crippen LogP contribution in [-0.4, -0.2) is 15.2 Å². The summed E-state index contributed by atoms with van der Waals surface area (Å²) in [6.45, 7) is 9.46. The highest BCUT2D eigenvalue weighted by molar-refractivity contribution is 6.68. The van der Waals surface area contributed by atoms with Gasteiger partial charge in [0.1, 0.15) is 5.75 Å². The number of hydrogen-bond acceptors (Lipinski definition) is 2. The van der Waals surface area contributed by atoms with Crippen LogP contribution in [0, 0.1) is 6.92 Å². The molecule has 0 radical (unpaired) electrons. The third kappa shape index (κ3) is 4.46. The fourth-order valence-corrected chi connectivity index (χ4v) is 4.25. The molecule has 0 atom stereocenters. The summed E-state index contributed by atoms with van der Waals surface area (Å²) in [4.78, 5) is 0. The minimum absolute atomic E-state index is 0.830. The summed E-state index contributed by atoms with van der Waals surface area (Å²) in [5, 5.41) is 0. The first-order chi connectivity index (χ1) is 8.65. The highest BCUT2D eigenvalue weighted by Gasteiger charge is 2.35. The van der Waals surface area contributed by atoms with Crippen molar-refractivity contribution in [2.75, 3.05) is 6.61 Å². The van der Waals surface area contributed by atoms with Crippen molar-refractivity contribution >= 4 is 8.56 Å². The molecule has 0 aliphatic carbocycles. The van der Waals surface area contributed by atoms with E-state index in [2.05, 4.69) is 39.8 Å². The van der Waals surface area contributed by atoms with Crippen molar-refractivity contribution < 1.29 is 8.85 Å². The molecule has 1 aromatic carbocycles. The van der Waals surface area contributed by atoms with Gasteiger partial charge in [0.05, 0.1) is 0 Å². The summed E-state index contributed by atoms with van der Waals surface area (Å²) in [6.07, 6.45) is 2.29. The molecule has 0 saturated carbocycles. The van der Waals surface area contributed by atoms with Crippen molar-refractivity contribution in [2.45, 2.75) is 52.6 Å². The summed E-state index contributed by atoms with van der Waals surface area (Å²) in [5.41, 5.74) is 1.23. The average Bonchev–Trinajstić information content (AvgIpc) is 2.38. The molecule has 0 bridgehead atoms. The van der Waals surface area contributed by atoms with Crippen LogP contribution < -0.4 is 4.43 Å². The maximum Gasteiger partial charge on any atom is 0.398 e. The highest BCUT2D eigenvalue weighted by atomic mass is 28.4. The second-order valence-electron chi connectivity index (χ2n) is 4.74. The molecule has 0 aliphatic heterocycles. The fraction of sp³-hybridized carbons (Fsp3) is 0.600. The largest absolute Gasteiger partial charge is 0.520 e. The summed E-state index contributed by atoms with van der Waals surface area (Å²) in [5.74, 6) is 0.960. The van der Waals surface area contributed by atoms with E-state index in [9.17, 15) is 0 Å². The molecule has 1 aromatic rings. The van der Waals surface area contributed by atoms with Crippen LogP contribution in [0.3, 0.4) is 0 Å². The predicted octanol–water partition coefficient (Wildman–Crippen LogP) is 4.67. The van der Waals surface area contributed by atoms with E-state index in [0.717, 1.165) is 30.9 Å². The van der Waals surface area contributed by atoms with E-state index < -0.39 is 8.56 Å². The van der Waals surface area contributed by atoms with Gasteiger partial charge in [0.15, 0.2) is 0 Å². The second-order valence-corrected chi connectivity index (χ2v) is 8.47. The van der Waals surface area contributed by atoms with Gasteiger partial charge in [-0.15, -0.1) is 0 Å². The average molecular weight is 266 g/mol. The minimum Gasteiger partial charge on any atom is -0.520 e. The SMILES string of the molecule is CCCCO[Si](CC)(CC)Oc1cccc(C)c1. The molecule has 1 rings (SSSR count). The molecule has 3 heteroatoms. The molecular weight excluding hydrogens is 240 g/mol. The van der Waals surface area contributed by atoms with Gasteiger partial charge in [0.25, 0.3) is 0 Å². The normalized spacial score (nSPS) is 11.6. The Morgan fingerprint density at radius 1 is 1.11 bits per heavy atom. The minimum atomic E-state index is -2.04. The van der Waals surface area contributed by atoms with Crippen molar-refractivity contribution in [3.8, 4) is 5.75 Å². The number of unbranched alkanes of at least 4 members (excludes halogenated alkanes) is 1. The van der Waals surface area contributed by atoms with Crippen molar-refractivity contribution in [2.24, 2.45) is 0 Å². The molecule has 0 spiro atoms. The maximum absolute atomic E-state index is 6.24. The quantitative estimate of drug-likeness (QED) is 0.503. The summed E-state index contributed by atoms with van der Waals surface area (Å²) < 4.78 is 12.4. The topological polar surface area (TPSA) is 18.5 Å². The van der Waals surface area contributed by atoms with Gasteiger partial charge in [-0.1, -0.05) is 39.3 Å². The lowest BCUT2D eigenvalue weighted by molar-refractivity contribution is 0.233. The zero-order valence-corrected chi connectivity index (χ0v) is 13.2. The van der Waals surface area contributed by atoms with E-state index in [-0.39, 0.29) is 0 Å². The van der Waals surface area contributed by atoms with Crippen LogP contribution in [-0.2, 0) is 4.43 Å². The van der Waals surface area contributed by atoms with Gasteiger partial charge in [0.2, 0.25) is 0 Å². The van der Waals surface area contributed by atoms with Crippen molar-refractivity contribution in [3.05, 3.63) is 29.8 Å². The van der Waals surface area contributed by atoms with Gasteiger partial charge in [-0.2, -0.15) is 0 Å². The van der Waals surface area contributed by atoms with E-state index in [4.69, 9.17) is 8.85 Å². The Bertz CT molecular complexity index is 348. The molecule has 18 heavy (non-hydrogen) atoms. The Kier molecular flexibility index (Phi) is 6.43. The maximum atomic E-state index is 6.24. The highest BCUT2D eigenvalue weighted by Crippen LogP contribution is 2.24. The van der Waals surface area contributed by atoms with Crippen LogP contribution in [0.5, 0.6) is 5.75 Å². The Balaban J connectivity index is 2.71. The van der Waals surface area contributed by atoms with Crippen LogP contribution >= 0.6 is 0 Å². The van der Waals surface area contributed by atoms with Gasteiger partial charge >= 0.3 is 8.56 Å². The van der Waals surface area contributed by atoms with Gasteiger partial charge in [0, 0.05) is 6.61 Å². The van der Waals surface area contributed by atoms with Crippen molar-refractivity contribution in [3.63, 3.8) is 0 Å². The number of benzene rings is 1. The number of hydrogen-bond donors (Lipinski definition) is 0. The lowest BCUT2D eigenvalue weighted by atomic mass is 10.2. The van der Waals surface area contributed by atoms with E-state index in [1.807, 2.05) is 12.1 Å². The molecule has 0 heterocycles. The van der Waals surface area contributed by atoms with Gasteiger partial charge in [-0.3, -0.25) is 0 Å². The van der Waals surface area contributed by atoms with Gasteiger partial charge in [-0.25, -0.2) is 0 Å². The monoisotopic (exact) mass is 266 g/mol. The number of rotatable bonds is 8. The van der Waals surface area contributed by atoms with E-state index in [1.165, 1.54) is 12.0 Å². The first-order valence-electron chi connectivity index (χ1n) is 7.05. The smallest absolute Gasteiger partial charge is 0.398 e. The van der Waals surface area contributed by atoms with Crippen molar-refractivity contribution in [1.82, 2.24) is 0 Å². The second kappa shape index (κ2) is 7.59. The zero-order valence-electron chi connectivity index (χ0n) is 12.2. The van der Waals surface area contributed by atoms with Crippen LogP contribution in [0.4, 0.5) is 0 Å². The molecule has 0 saturated heterocycles. The van der Waals surface area contributed by atoms with Gasteiger partial charge < -0.3 is 8.85 Å². The van der Waals surface area contributed by atoms with E-state index in [0.29, 0.717) is 0 Å². The Morgan fingerprint density at radius 2 is 1.83 bits per heavy atom. The van der Waals surface area contributed by atoms with Crippen LogP contribution in [0.25, 0.3) is 0 Å². The summed E-state index contributed by atoms with van der Waals surface area (Å²) in [6, 6.07) is 10.3.